The van der Waals surface area contributed by atoms with Crippen LogP contribution in [0.2, 0.25) is 0 Å². The number of hydrogen-bond acceptors (Lipinski definition) is 5. The number of phosphoric acid groups is 1. The third-order valence-corrected chi connectivity index (χ3v) is 1.22. The summed E-state index contributed by atoms with van der Waals surface area (Å²) in [6, 6.07) is 0. The summed E-state index contributed by atoms with van der Waals surface area (Å²) >= 11 is 0. The molecule has 0 radical (unpaired) electrons. The molecule has 0 aliphatic heterocycles. The molecule has 7 nitrogen and oxygen atoms in total. The molecule has 1 atom stereocenters. The number of aliphatic hydroxyl groups excluding tert-OH is 1. The fourth-order valence-corrected chi connectivity index (χ4v) is 0.801. The van der Waals surface area contributed by atoms with Crippen LogP contribution in [0.25, 0.3) is 0 Å². The zero-order valence-electron chi connectivity index (χ0n) is 6.21. The van der Waals surface area contributed by atoms with Gasteiger partial charge in [0.15, 0.2) is 0 Å². The maximum Gasteiger partial charge on any atom is 1.00 e. The second-order valence-electron chi connectivity index (χ2n) is 1.59. The quantitative estimate of drug-likeness (QED) is 0.310. The molecule has 9 heteroatoms. The van der Waals surface area contributed by atoms with Crippen molar-refractivity contribution in [3.05, 3.63) is 0 Å². The predicted molar refractivity (Wildman–Crippen MR) is 29.0 cm³/mol. The molecule has 0 spiro atoms. The molecule has 0 saturated carbocycles. The zero-order valence-corrected chi connectivity index (χ0v) is 9.10. The van der Waals surface area contributed by atoms with Gasteiger partial charge in [-0.1, -0.05) is 0 Å². The Kier molecular flexibility index (Phi) is 7.60. The number of hydrogen-bond donors (Lipinski definition) is 3. The van der Waals surface area contributed by atoms with Gasteiger partial charge in [0, 0.05) is 0 Å². The molecule has 0 aromatic carbocycles. The summed E-state index contributed by atoms with van der Waals surface area (Å²) in [4.78, 5) is 26.0. The number of rotatable bonds is 4. The summed E-state index contributed by atoms with van der Waals surface area (Å²) < 4.78 is 13.6. The molecule has 0 rings (SSSR count). The van der Waals surface area contributed by atoms with E-state index in [0.29, 0.717) is 0 Å². The minimum atomic E-state index is -4.87. The largest absolute Gasteiger partial charge is 1.00 e. The molecule has 0 aliphatic carbocycles. The van der Waals surface area contributed by atoms with Crippen molar-refractivity contribution in [3.63, 3.8) is 0 Å². The molecule has 0 unspecified atom stereocenters. The number of carboxylic acid groups (broad SMARTS) is 1. The first-order valence-electron chi connectivity index (χ1n) is 2.42. The smallest absolute Gasteiger partial charge is 0.547 e. The van der Waals surface area contributed by atoms with Crippen LogP contribution >= 0.6 is 7.82 Å². The molecule has 0 bridgehead atoms. The minimum absolute atomic E-state index is 0. The fourth-order valence-electron chi connectivity index (χ4n) is 0.317. The Hall–Kier alpha value is 0.540. The van der Waals surface area contributed by atoms with E-state index < -0.39 is 26.5 Å². The Bertz CT molecular complexity index is 187. The van der Waals surface area contributed by atoms with Gasteiger partial charge in [-0.25, -0.2) is 4.57 Å². The van der Waals surface area contributed by atoms with Crippen LogP contribution in [0.4, 0.5) is 0 Å². The van der Waals surface area contributed by atoms with Gasteiger partial charge < -0.3 is 24.8 Å². The molecule has 0 aromatic rings. The van der Waals surface area contributed by atoms with E-state index in [1.54, 1.807) is 0 Å². The van der Waals surface area contributed by atoms with Crippen molar-refractivity contribution >= 4 is 13.8 Å². The van der Waals surface area contributed by atoms with Crippen LogP contribution in [0.5, 0.6) is 0 Å². The van der Waals surface area contributed by atoms with Gasteiger partial charge in [0.2, 0.25) is 0 Å². The van der Waals surface area contributed by atoms with E-state index in [9.17, 15) is 14.5 Å². The first kappa shape index (κ1) is 15.0. The van der Waals surface area contributed by atoms with Crippen molar-refractivity contribution in [2.45, 2.75) is 6.10 Å². The van der Waals surface area contributed by atoms with Crippen molar-refractivity contribution in [3.8, 4) is 0 Å². The fraction of sp³-hybridized carbons (Fsp3) is 0.667. The zero-order chi connectivity index (χ0) is 9.07. The Morgan fingerprint density at radius 2 is 2.00 bits per heavy atom. The van der Waals surface area contributed by atoms with Gasteiger partial charge >= 0.3 is 37.4 Å². The molecule has 0 saturated heterocycles. The monoisotopic (exact) mass is 208 g/mol. The summed E-state index contributed by atoms with van der Waals surface area (Å²) in [7, 11) is -4.87. The van der Waals surface area contributed by atoms with Crippen molar-refractivity contribution < 1.29 is 63.4 Å². The van der Waals surface area contributed by atoms with Crippen LogP contribution in [0.15, 0.2) is 0 Å². The van der Waals surface area contributed by atoms with Crippen LogP contribution in [0.3, 0.4) is 0 Å². The molecule has 0 aliphatic rings. The molecular weight excluding hydrogens is 202 g/mol. The summed E-state index contributed by atoms with van der Waals surface area (Å²) in [6.45, 7) is -1.05. The van der Waals surface area contributed by atoms with E-state index in [2.05, 4.69) is 4.52 Å². The Morgan fingerprint density at radius 1 is 1.58 bits per heavy atom. The molecular formula is C3H6NaO7P. The second-order valence-corrected chi connectivity index (χ2v) is 2.78. The molecule has 66 valence electrons. The van der Waals surface area contributed by atoms with Gasteiger partial charge in [0.1, 0.15) is 6.10 Å². The summed E-state index contributed by atoms with van der Waals surface area (Å²) in [5.74, 6) is -1.88. The van der Waals surface area contributed by atoms with Crippen molar-refractivity contribution in [1.82, 2.24) is 0 Å². The number of aliphatic carboxylic acids is 1. The molecule has 0 aromatic heterocycles. The van der Waals surface area contributed by atoms with E-state index >= 15 is 0 Å². The number of phosphoric ester groups is 1. The van der Waals surface area contributed by atoms with E-state index in [1.165, 1.54) is 0 Å². The SMILES string of the molecule is O=C([O-])[C@@H](CO)OP(=O)(O)O.[Na+]. The summed E-state index contributed by atoms with van der Waals surface area (Å²) in [5, 5.41) is 18.0. The predicted octanol–water partition coefficient (Wildman–Crippen LogP) is -5.79. The molecule has 3 N–H and O–H groups in total. The van der Waals surface area contributed by atoms with Crippen LogP contribution < -0.4 is 34.7 Å². The van der Waals surface area contributed by atoms with Crippen LogP contribution in [-0.2, 0) is 13.9 Å². The third-order valence-electron chi connectivity index (χ3n) is 0.693. The van der Waals surface area contributed by atoms with Gasteiger partial charge in [-0.15, -0.1) is 0 Å². The van der Waals surface area contributed by atoms with Crippen molar-refractivity contribution in [2.75, 3.05) is 6.61 Å². The first-order valence-corrected chi connectivity index (χ1v) is 3.95. The number of carbonyl (C=O) groups excluding carboxylic acids is 1. The molecule has 12 heavy (non-hydrogen) atoms. The second kappa shape index (κ2) is 6.06. The minimum Gasteiger partial charge on any atom is -0.547 e. The van der Waals surface area contributed by atoms with E-state index in [4.69, 9.17) is 14.9 Å². The average molecular weight is 208 g/mol. The van der Waals surface area contributed by atoms with Crippen LogP contribution in [0, 0.1) is 0 Å². The Morgan fingerprint density at radius 3 is 2.08 bits per heavy atom. The van der Waals surface area contributed by atoms with Crippen molar-refractivity contribution in [1.29, 1.82) is 0 Å². The standard InChI is InChI=1S/C3H7O7P.Na/c4-1-2(3(5)6)10-11(7,8)9;/h2,4H,1H2,(H,5,6)(H2,7,8,9);/q;+1/p-1/t2-;/m1./s1. The van der Waals surface area contributed by atoms with E-state index in [1.807, 2.05) is 0 Å². The third kappa shape index (κ3) is 7.20. The van der Waals surface area contributed by atoms with Crippen LogP contribution in [0.1, 0.15) is 0 Å². The summed E-state index contributed by atoms with van der Waals surface area (Å²) in [6.07, 6.45) is -1.99. The number of carboxylic acids is 1. The van der Waals surface area contributed by atoms with Crippen LogP contribution in [-0.4, -0.2) is 33.6 Å². The molecule has 0 heterocycles. The molecule has 0 fully saturated rings. The Balaban J connectivity index is 0. The van der Waals surface area contributed by atoms with E-state index in [0.717, 1.165) is 0 Å². The topological polar surface area (TPSA) is 127 Å². The average Bonchev–Trinajstić information content (AvgIpc) is 1.80. The summed E-state index contributed by atoms with van der Waals surface area (Å²) in [5.41, 5.74) is 0. The van der Waals surface area contributed by atoms with Gasteiger partial charge in [0.25, 0.3) is 0 Å². The maximum atomic E-state index is 9.98. The van der Waals surface area contributed by atoms with Gasteiger partial charge in [-0.05, 0) is 0 Å². The van der Waals surface area contributed by atoms with Gasteiger partial charge in [-0.2, -0.15) is 0 Å². The Labute approximate surface area is 89.9 Å². The maximum absolute atomic E-state index is 9.98. The van der Waals surface area contributed by atoms with Gasteiger partial charge in [0.05, 0.1) is 12.6 Å². The number of aliphatic hydroxyl groups is 1. The normalized spacial score (nSPS) is 13.2. The van der Waals surface area contributed by atoms with E-state index in [-0.39, 0.29) is 29.6 Å². The first-order chi connectivity index (χ1) is 4.87. The number of carbonyl (C=O) groups is 1. The van der Waals surface area contributed by atoms with Crippen molar-refractivity contribution in [2.24, 2.45) is 0 Å². The molecule has 0 amide bonds. The van der Waals surface area contributed by atoms with Gasteiger partial charge in [-0.3, -0.25) is 4.52 Å².